The second-order valence-electron chi connectivity index (χ2n) is 12.6. The zero-order valence-electron chi connectivity index (χ0n) is 24.1. The molecule has 3 fully saturated rings. The van der Waals surface area contributed by atoms with E-state index in [1.165, 1.54) is 5.57 Å². The van der Waals surface area contributed by atoms with Crippen LogP contribution in [0.25, 0.3) is 6.08 Å². The van der Waals surface area contributed by atoms with Gasteiger partial charge in [-0.3, -0.25) is 4.79 Å². The summed E-state index contributed by atoms with van der Waals surface area (Å²) in [6.07, 6.45) is 11.2. The number of ketones is 1. The normalized spacial score (nSPS) is 35.5. The number of aliphatic hydroxyl groups is 1. The predicted molar refractivity (Wildman–Crippen MR) is 152 cm³/mol. The number of carbonyl (C=O) groups is 1. The molecule has 5 nitrogen and oxygen atoms in total. The molecule has 0 radical (unpaired) electrons. The van der Waals surface area contributed by atoms with E-state index in [1.807, 2.05) is 18.2 Å². The van der Waals surface area contributed by atoms with Crippen molar-refractivity contribution in [1.29, 1.82) is 0 Å². The summed E-state index contributed by atoms with van der Waals surface area (Å²) in [5.41, 5.74) is 3.37. The minimum absolute atomic E-state index is 0.182. The molecule has 1 aromatic rings. The van der Waals surface area contributed by atoms with Crippen molar-refractivity contribution in [2.75, 3.05) is 33.4 Å². The van der Waals surface area contributed by atoms with E-state index in [-0.39, 0.29) is 16.9 Å². The van der Waals surface area contributed by atoms with E-state index in [4.69, 9.17) is 9.47 Å². The summed E-state index contributed by atoms with van der Waals surface area (Å²) in [6, 6.07) is 6.03. The Hall–Kier alpha value is -2.11. The van der Waals surface area contributed by atoms with Crippen molar-refractivity contribution in [2.24, 2.45) is 28.6 Å². The fourth-order valence-electron chi connectivity index (χ4n) is 8.36. The molecule has 0 unspecified atom stereocenters. The fourth-order valence-corrected chi connectivity index (χ4v) is 8.36. The fraction of sp³-hybridized carbons (Fsp3) is 0.667. The molecule has 4 aliphatic rings. The molecule has 0 aromatic heterocycles. The van der Waals surface area contributed by atoms with Crippen molar-refractivity contribution >= 4 is 11.9 Å². The summed E-state index contributed by atoms with van der Waals surface area (Å²) in [5, 5.41) is 10.3. The first kappa shape index (κ1) is 27.5. The lowest BCUT2D eigenvalue weighted by Crippen LogP contribution is -2.50. The highest BCUT2D eigenvalue weighted by Crippen LogP contribution is 2.64. The van der Waals surface area contributed by atoms with E-state index in [0.29, 0.717) is 35.9 Å². The maximum absolute atomic E-state index is 13.9. The molecule has 0 heterocycles. The van der Waals surface area contributed by atoms with Crippen molar-refractivity contribution in [3.05, 3.63) is 41.0 Å². The van der Waals surface area contributed by atoms with E-state index < -0.39 is 0 Å². The van der Waals surface area contributed by atoms with Crippen LogP contribution in [0, 0.1) is 28.6 Å². The molecular weight excluding hydrogens is 474 g/mol. The maximum Gasteiger partial charge on any atom is 0.165 e. The average Bonchev–Trinajstić information content (AvgIpc) is 3.17. The Bertz CT molecular complexity index is 1100. The number of nitrogens with zero attached hydrogens (tertiary/aromatic N) is 1. The Morgan fingerprint density at radius 1 is 1.05 bits per heavy atom. The largest absolute Gasteiger partial charge is 0.493 e. The van der Waals surface area contributed by atoms with Crippen molar-refractivity contribution in [3.63, 3.8) is 0 Å². The van der Waals surface area contributed by atoms with Crippen LogP contribution in [0.5, 0.6) is 11.5 Å². The summed E-state index contributed by atoms with van der Waals surface area (Å²) in [7, 11) is 1.68. The molecule has 4 aliphatic carbocycles. The monoisotopic (exact) mass is 521 g/mol. The maximum atomic E-state index is 13.9. The number of fused-ring (bicyclic) bond motifs is 5. The van der Waals surface area contributed by atoms with Gasteiger partial charge in [0.05, 0.1) is 13.2 Å². The third-order valence-corrected chi connectivity index (χ3v) is 10.8. The molecule has 1 N–H and O–H groups in total. The number of benzene rings is 1. The van der Waals surface area contributed by atoms with Gasteiger partial charge in [-0.15, -0.1) is 0 Å². The van der Waals surface area contributed by atoms with Crippen LogP contribution < -0.4 is 9.47 Å². The van der Waals surface area contributed by atoms with Crippen LogP contribution in [0.15, 0.2) is 35.4 Å². The highest BCUT2D eigenvalue weighted by Gasteiger charge is 2.59. The number of methoxy groups -OCH3 is 1. The molecular formula is C33H47NO4. The molecule has 0 bridgehead atoms. The Morgan fingerprint density at radius 3 is 2.55 bits per heavy atom. The van der Waals surface area contributed by atoms with Crippen LogP contribution >= 0.6 is 0 Å². The smallest absolute Gasteiger partial charge is 0.165 e. The molecule has 5 heteroatoms. The molecule has 0 amide bonds. The van der Waals surface area contributed by atoms with Gasteiger partial charge in [-0.05, 0) is 111 Å². The zero-order chi connectivity index (χ0) is 27.1. The van der Waals surface area contributed by atoms with Gasteiger partial charge in [-0.1, -0.05) is 45.4 Å². The van der Waals surface area contributed by atoms with Gasteiger partial charge in [-0.2, -0.15) is 0 Å². The lowest BCUT2D eigenvalue weighted by molar-refractivity contribution is -0.130. The number of likely N-dealkylation sites (N-methyl/N-ethyl adjacent to an activating group) is 1. The van der Waals surface area contributed by atoms with Gasteiger partial charge < -0.3 is 19.5 Å². The van der Waals surface area contributed by atoms with Gasteiger partial charge in [0.25, 0.3) is 0 Å². The lowest BCUT2D eigenvalue weighted by Gasteiger charge is -2.56. The molecule has 38 heavy (non-hydrogen) atoms. The average molecular weight is 522 g/mol. The first-order valence-corrected chi connectivity index (χ1v) is 14.9. The van der Waals surface area contributed by atoms with Gasteiger partial charge in [0, 0.05) is 12.0 Å². The van der Waals surface area contributed by atoms with Crippen LogP contribution in [-0.4, -0.2) is 55.2 Å². The molecule has 208 valence electrons. The molecule has 6 atom stereocenters. The first-order chi connectivity index (χ1) is 18.2. The summed E-state index contributed by atoms with van der Waals surface area (Å²) >= 11 is 0. The number of hydrogen-bond acceptors (Lipinski definition) is 5. The minimum Gasteiger partial charge on any atom is -0.493 e. The number of ether oxygens (including phenoxy) is 2. The Balaban J connectivity index is 1.34. The summed E-state index contributed by atoms with van der Waals surface area (Å²) < 4.78 is 11.7. The molecule has 0 saturated heterocycles. The molecule has 5 rings (SSSR count). The predicted octanol–water partition coefficient (Wildman–Crippen LogP) is 6.30. The standard InChI is InChI=1S/C33H47NO4/c1-6-34(7-2)16-17-38-29-11-8-22(19-30(29)37-5)18-23-20-28-26-10-9-24-21-25(35)12-14-32(24,3)27(26)13-15-33(28,4)31(23)36/h8-9,11,18-19,25-28,35H,6-7,10,12-17,20-21H2,1-5H3/b23-18-/t25-,26+,27-,28-,32-,33-/m0/s1. The van der Waals surface area contributed by atoms with E-state index in [9.17, 15) is 9.90 Å². The van der Waals surface area contributed by atoms with Crippen molar-refractivity contribution in [3.8, 4) is 11.5 Å². The minimum atomic E-state index is -0.263. The first-order valence-electron chi connectivity index (χ1n) is 14.9. The van der Waals surface area contributed by atoms with Gasteiger partial charge in [-0.25, -0.2) is 0 Å². The topological polar surface area (TPSA) is 59.0 Å². The second kappa shape index (κ2) is 10.8. The van der Waals surface area contributed by atoms with Crippen molar-refractivity contribution in [1.82, 2.24) is 4.90 Å². The molecule has 1 aromatic carbocycles. The number of carbonyl (C=O) groups excluding carboxylic acids is 1. The zero-order valence-corrected chi connectivity index (χ0v) is 24.1. The lowest BCUT2D eigenvalue weighted by atomic mass is 9.48. The number of rotatable bonds is 8. The number of allylic oxidation sites excluding steroid dienone is 2. The SMILES string of the molecule is CCN(CC)CCOc1ccc(/C=C2/C[C@H]3[C@@H]4CC=C5C[C@@H](O)CC[C@]5(C)[C@H]4CC[C@]3(C)C2=O)cc1OC. The van der Waals surface area contributed by atoms with Crippen LogP contribution in [0.2, 0.25) is 0 Å². The molecule has 0 spiro atoms. The highest BCUT2D eigenvalue weighted by molar-refractivity contribution is 6.06. The van der Waals surface area contributed by atoms with E-state index in [1.54, 1.807) is 7.11 Å². The van der Waals surface area contributed by atoms with E-state index in [2.05, 4.69) is 44.7 Å². The van der Waals surface area contributed by atoms with Crippen LogP contribution in [0.1, 0.15) is 78.2 Å². The summed E-state index contributed by atoms with van der Waals surface area (Å²) in [5.74, 6) is 3.37. The third-order valence-electron chi connectivity index (χ3n) is 10.8. The van der Waals surface area contributed by atoms with E-state index in [0.717, 1.165) is 81.5 Å². The summed E-state index contributed by atoms with van der Waals surface area (Å²) in [6.45, 7) is 12.5. The number of aliphatic hydroxyl groups excluding tert-OH is 1. The highest BCUT2D eigenvalue weighted by atomic mass is 16.5. The van der Waals surface area contributed by atoms with Crippen LogP contribution in [0.4, 0.5) is 0 Å². The molecule has 0 aliphatic heterocycles. The Labute approximate surface area is 229 Å². The van der Waals surface area contributed by atoms with Gasteiger partial charge in [0.2, 0.25) is 0 Å². The van der Waals surface area contributed by atoms with E-state index >= 15 is 0 Å². The quantitative estimate of drug-likeness (QED) is 0.321. The summed E-state index contributed by atoms with van der Waals surface area (Å²) in [4.78, 5) is 16.2. The van der Waals surface area contributed by atoms with Gasteiger partial charge in [0.15, 0.2) is 17.3 Å². The Morgan fingerprint density at radius 2 is 1.82 bits per heavy atom. The number of hydrogen-bond donors (Lipinski definition) is 1. The van der Waals surface area contributed by atoms with Gasteiger partial charge in [0.1, 0.15) is 6.61 Å². The Kier molecular flexibility index (Phi) is 7.81. The second-order valence-corrected chi connectivity index (χ2v) is 12.6. The third kappa shape index (κ3) is 4.75. The van der Waals surface area contributed by atoms with Gasteiger partial charge >= 0.3 is 0 Å². The molecule has 3 saturated carbocycles. The van der Waals surface area contributed by atoms with Crippen molar-refractivity contribution < 1.29 is 19.4 Å². The number of Topliss-reactive ketones (excluding diaryl/α,β-unsaturated/α-hetero) is 1. The van der Waals surface area contributed by atoms with Crippen LogP contribution in [0.3, 0.4) is 0 Å². The van der Waals surface area contributed by atoms with Crippen LogP contribution in [-0.2, 0) is 4.79 Å². The van der Waals surface area contributed by atoms with Crippen molar-refractivity contribution in [2.45, 2.75) is 78.7 Å².